The molecular weight excluding hydrogens is 570 g/mol. The summed E-state index contributed by atoms with van der Waals surface area (Å²) in [5.74, 6) is -0.459. The van der Waals surface area contributed by atoms with Crippen LogP contribution in [0.25, 0.3) is 0 Å². The van der Waals surface area contributed by atoms with E-state index in [1.807, 2.05) is 48.5 Å². The van der Waals surface area contributed by atoms with E-state index < -0.39 is 0 Å². The third-order valence-corrected chi connectivity index (χ3v) is 4.65. The van der Waals surface area contributed by atoms with E-state index in [1.54, 1.807) is 12.4 Å². The average molecular weight is 588 g/mol. The van der Waals surface area contributed by atoms with E-state index in [2.05, 4.69) is 66.2 Å². The maximum absolute atomic E-state index is 11.7. The van der Waals surface area contributed by atoms with Gasteiger partial charge in [-0.05, 0) is 87.0 Å². The van der Waals surface area contributed by atoms with Crippen LogP contribution in [0.5, 0.6) is 0 Å². The van der Waals surface area contributed by atoms with Gasteiger partial charge in [-0.2, -0.15) is 10.2 Å². The molecule has 2 rings (SSSR count). The fraction of sp³-hybridized carbons (Fsp3) is 0.158. The first-order valence-corrected chi connectivity index (χ1v) is 10.3. The predicted molar refractivity (Wildman–Crippen MR) is 124 cm³/mol. The van der Waals surface area contributed by atoms with Gasteiger partial charge in [-0.1, -0.05) is 24.3 Å². The van der Waals surface area contributed by atoms with Crippen molar-refractivity contribution in [3.63, 3.8) is 0 Å². The van der Waals surface area contributed by atoms with E-state index in [9.17, 15) is 9.59 Å². The third-order valence-electron chi connectivity index (χ3n) is 3.31. The summed E-state index contributed by atoms with van der Waals surface area (Å²) in [5, 5.41) is 7.84. The average Bonchev–Trinajstić information content (AvgIpc) is 2.62. The second-order valence-electron chi connectivity index (χ2n) is 5.55. The maximum atomic E-state index is 11.7. The number of hydrogen-bond acceptors (Lipinski definition) is 4. The normalized spacial score (nSPS) is 11.0. The van der Waals surface area contributed by atoms with Crippen molar-refractivity contribution in [2.75, 3.05) is 0 Å². The van der Waals surface area contributed by atoms with Gasteiger partial charge in [-0.3, -0.25) is 9.59 Å². The molecule has 0 aliphatic carbocycles. The number of hydrazone groups is 2. The van der Waals surface area contributed by atoms with Crippen LogP contribution < -0.4 is 10.9 Å². The molecule has 0 saturated carbocycles. The van der Waals surface area contributed by atoms with Gasteiger partial charge in [0.25, 0.3) is 0 Å². The molecule has 6 nitrogen and oxygen atoms in total. The number of amides is 2. The van der Waals surface area contributed by atoms with Gasteiger partial charge in [0.15, 0.2) is 0 Å². The Morgan fingerprint density at radius 3 is 1.67 bits per heavy atom. The highest BCUT2D eigenvalue weighted by Gasteiger charge is 2.04. The Hall–Kier alpha value is -1.82. The van der Waals surface area contributed by atoms with Gasteiger partial charge in [0.2, 0.25) is 11.8 Å². The summed E-state index contributed by atoms with van der Waals surface area (Å²) in [7, 11) is 0. The molecule has 140 valence electrons. The molecule has 0 aliphatic rings. The van der Waals surface area contributed by atoms with Crippen molar-refractivity contribution in [2.24, 2.45) is 10.2 Å². The standard InChI is InChI=1S/C19H18I2N4O2/c20-16-6-1-4-14(10-16)12-22-24-18(26)8-3-9-19(27)25-23-13-15-5-2-7-17(21)11-15/h1-2,4-7,10-13H,3,8-9H2,(H,24,26)(H,25,27)/b22-12-,23-13-. The van der Waals surface area contributed by atoms with Gasteiger partial charge in [0.1, 0.15) is 0 Å². The number of carbonyl (C=O) groups excluding carboxylic acids is 2. The fourth-order valence-electron chi connectivity index (χ4n) is 2.05. The molecule has 2 aromatic carbocycles. The number of carbonyl (C=O) groups is 2. The van der Waals surface area contributed by atoms with Crippen molar-refractivity contribution in [1.29, 1.82) is 0 Å². The lowest BCUT2D eigenvalue weighted by molar-refractivity contribution is -0.122. The Morgan fingerprint density at radius 2 is 1.26 bits per heavy atom. The lowest BCUT2D eigenvalue weighted by Gasteiger charge is -2.01. The van der Waals surface area contributed by atoms with E-state index in [0.717, 1.165) is 18.3 Å². The molecule has 2 amide bonds. The molecule has 0 atom stereocenters. The van der Waals surface area contributed by atoms with Crippen LogP contribution in [0.4, 0.5) is 0 Å². The summed E-state index contributed by atoms with van der Waals surface area (Å²) in [4.78, 5) is 23.4. The monoisotopic (exact) mass is 588 g/mol. The maximum Gasteiger partial charge on any atom is 0.240 e. The summed E-state index contributed by atoms with van der Waals surface area (Å²) in [6, 6.07) is 15.5. The van der Waals surface area contributed by atoms with Crippen LogP contribution in [-0.4, -0.2) is 24.2 Å². The number of benzene rings is 2. The molecule has 0 saturated heterocycles. The lowest BCUT2D eigenvalue weighted by Crippen LogP contribution is -2.20. The van der Waals surface area contributed by atoms with Crippen LogP contribution in [0.1, 0.15) is 30.4 Å². The Balaban J connectivity index is 1.63. The molecule has 27 heavy (non-hydrogen) atoms. The molecule has 2 aromatic rings. The number of hydrogen-bond donors (Lipinski definition) is 2. The third kappa shape index (κ3) is 9.09. The van der Waals surface area contributed by atoms with E-state index >= 15 is 0 Å². The van der Waals surface area contributed by atoms with Crippen molar-refractivity contribution in [3.05, 3.63) is 66.8 Å². The quantitative estimate of drug-likeness (QED) is 0.281. The minimum atomic E-state index is -0.230. The molecule has 0 bridgehead atoms. The van der Waals surface area contributed by atoms with E-state index in [1.165, 1.54) is 0 Å². The first-order valence-electron chi connectivity index (χ1n) is 8.18. The lowest BCUT2D eigenvalue weighted by atomic mass is 10.2. The van der Waals surface area contributed by atoms with Crippen molar-refractivity contribution < 1.29 is 9.59 Å². The molecule has 0 heterocycles. The Bertz CT molecular complexity index is 784. The largest absolute Gasteiger partial charge is 0.273 e. The zero-order valence-electron chi connectivity index (χ0n) is 14.4. The van der Waals surface area contributed by atoms with Crippen molar-refractivity contribution in [1.82, 2.24) is 10.9 Å². The van der Waals surface area contributed by atoms with E-state index in [-0.39, 0.29) is 24.7 Å². The predicted octanol–water partition coefficient (Wildman–Crippen LogP) is 3.67. The Labute approximate surface area is 185 Å². The van der Waals surface area contributed by atoms with Gasteiger partial charge >= 0.3 is 0 Å². The molecular formula is C19H18I2N4O2. The van der Waals surface area contributed by atoms with Gasteiger partial charge in [-0.25, -0.2) is 10.9 Å². The van der Waals surface area contributed by atoms with Crippen LogP contribution >= 0.6 is 45.2 Å². The summed E-state index contributed by atoms with van der Waals surface area (Å²) in [6.45, 7) is 0. The molecule has 0 radical (unpaired) electrons. The first-order chi connectivity index (χ1) is 13.0. The van der Waals surface area contributed by atoms with E-state index in [4.69, 9.17) is 0 Å². The minimum absolute atomic E-state index is 0.220. The highest BCUT2D eigenvalue weighted by molar-refractivity contribution is 14.1. The van der Waals surface area contributed by atoms with Gasteiger partial charge in [0, 0.05) is 20.0 Å². The molecule has 0 unspecified atom stereocenters. The second kappa shape index (κ2) is 11.8. The molecule has 8 heteroatoms. The van der Waals surface area contributed by atoms with Crippen molar-refractivity contribution in [3.8, 4) is 0 Å². The number of nitrogens with zero attached hydrogens (tertiary/aromatic N) is 2. The molecule has 0 spiro atoms. The van der Waals surface area contributed by atoms with Gasteiger partial charge in [0.05, 0.1) is 12.4 Å². The minimum Gasteiger partial charge on any atom is -0.273 e. The van der Waals surface area contributed by atoms with Gasteiger partial charge in [-0.15, -0.1) is 0 Å². The van der Waals surface area contributed by atoms with Crippen LogP contribution in [0.3, 0.4) is 0 Å². The van der Waals surface area contributed by atoms with Crippen LogP contribution in [0.2, 0.25) is 0 Å². The molecule has 0 aliphatic heterocycles. The molecule has 2 N–H and O–H groups in total. The zero-order valence-corrected chi connectivity index (χ0v) is 18.7. The van der Waals surface area contributed by atoms with Crippen molar-refractivity contribution >= 4 is 69.4 Å². The van der Waals surface area contributed by atoms with Crippen LogP contribution in [0.15, 0.2) is 58.7 Å². The number of nitrogens with one attached hydrogen (secondary N) is 2. The van der Waals surface area contributed by atoms with E-state index in [0.29, 0.717) is 6.42 Å². The van der Waals surface area contributed by atoms with Crippen LogP contribution in [-0.2, 0) is 9.59 Å². The smallest absolute Gasteiger partial charge is 0.240 e. The summed E-state index contributed by atoms with van der Waals surface area (Å²) >= 11 is 4.42. The fourth-order valence-corrected chi connectivity index (χ4v) is 3.19. The number of rotatable bonds is 8. The van der Waals surface area contributed by atoms with Crippen LogP contribution in [0, 0.1) is 7.14 Å². The van der Waals surface area contributed by atoms with Gasteiger partial charge < -0.3 is 0 Å². The summed E-state index contributed by atoms with van der Waals surface area (Å²) in [6.07, 6.45) is 4.04. The number of halogens is 2. The SMILES string of the molecule is O=C(CCCC(=O)N/N=C\c1cccc(I)c1)N/N=C\c1cccc(I)c1. The highest BCUT2D eigenvalue weighted by atomic mass is 127. The Kier molecular flexibility index (Phi) is 9.39. The topological polar surface area (TPSA) is 82.9 Å². The van der Waals surface area contributed by atoms with Crippen molar-refractivity contribution in [2.45, 2.75) is 19.3 Å². The molecule has 0 aromatic heterocycles. The zero-order chi connectivity index (χ0) is 19.5. The summed E-state index contributed by atoms with van der Waals surface area (Å²) < 4.78 is 2.19. The second-order valence-corrected chi connectivity index (χ2v) is 8.04. The molecule has 0 fully saturated rings. The first kappa shape index (κ1) is 21.5. The highest BCUT2D eigenvalue weighted by Crippen LogP contribution is 2.06. The summed E-state index contributed by atoms with van der Waals surface area (Å²) in [5.41, 5.74) is 6.74. The Morgan fingerprint density at radius 1 is 0.815 bits per heavy atom.